The minimum absolute atomic E-state index is 0.116. The van der Waals surface area contributed by atoms with Crippen molar-refractivity contribution in [2.24, 2.45) is 0 Å². The number of carbonyl (C=O) groups excluding carboxylic acids is 1. The molecule has 0 unspecified atom stereocenters. The number of methoxy groups -OCH3 is 1. The molecule has 0 aliphatic carbocycles. The van der Waals surface area contributed by atoms with E-state index >= 15 is 0 Å². The van der Waals surface area contributed by atoms with Crippen LogP contribution in [0.3, 0.4) is 0 Å². The molecule has 0 atom stereocenters. The lowest BCUT2D eigenvalue weighted by Gasteiger charge is -2.19. The lowest BCUT2D eigenvalue weighted by molar-refractivity contribution is 0.0975. The van der Waals surface area contributed by atoms with Crippen molar-refractivity contribution in [2.45, 2.75) is 13.8 Å². The molecule has 146 valence electrons. The molecule has 6 nitrogen and oxygen atoms in total. The lowest BCUT2D eigenvalue weighted by atomic mass is 10.1. The smallest absolute Gasteiger partial charge is 0.260 e. The highest BCUT2D eigenvalue weighted by Crippen LogP contribution is 2.30. The van der Waals surface area contributed by atoms with Crippen LogP contribution in [0.4, 0.5) is 5.13 Å². The molecule has 3 rings (SSSR count). The molecule has 1 amide bonds. The Balaban J connectivity index is 1.86. The van der Waals surface area contributed by atoms with Gasteiger partial charge in [-0.15, -0.1) is 10.2 Å². The van der Waals surface area contributed by atoms with E-state index in [1.807, 2.05) is 62.4 Å². The molecule has 0 saturated heterocycles. The summed E-state index contributed by atoms with van der Waals surface area (Å²) in [5, 5.41) is 9.83. The molecule has 0 radical (unpaired) electrons. The number of nitrogens with zero attached hydrogens (tertiary/aromatic N) is 3. The van der Waals surface area contributed by atoms with Gasteiger partial charge in [0.15, 0.2) is 0 Å². The van der Waals surface area contributed by atoms with E-state index in [-0.39, 0.29) is 5.91 Å². The van der Waals surface area contributed by atoms with Crippen molar-refractivity contribution in [3.05, 3.63) is 59.7 Å². The fourth-order valence-corrected chi connectivity index (χ4v) is 3.58. The van der Waals surface area contributed by atoms with E-state index in [2.05, 4.69) is 10.2 Å². The Hall–Kier alpha value is -2.77. The van der Waals surface area contributed by atoms with Gasteiger partial charge in [-0.3, -0.25) is 9.69 Å². The third-order valence-corrected chi connectivity index (χ3v) is 5.08. The van der Waals surface area contributed by atoms with Crippen LogP contribution in [-0.4, -0.2) is 43.0 Å². The maximum atomic E-state index is 13.1. The second-order valence-electron chi connectivity index (χ2n) is 6.17. The van der Waals surface area contributed by atoms with E-state index in [0.29, 0.717) is 30.5 Å². The number of anilines is 1. The van der Waals surface area contributed by atoms with Gasteiger partial charge in [0.1, 0.15) is 10.8 Å². The number of hydrogen-bond donors (Lipinski definition) is 0. The van der Waals surface area contributed by atoms with Gasteiger partial charge in [-0.2, -0.15) is 0 Å². The van der Waals surface area contributed by atoms with Crippen LogP contribution in [0.15, 0.2) is 48.5 Å². The summed E-state index contributed by atoms with van der Waals surface area (Å²) in [6, 6.07) is 15.2. The normalized spacial score (nSPS) is 10.7. The van der Waals surface area contributed by atoms with Crippen molar-refractivity contribution in [3.8, 4) is 16.3 Å². The Morgan fingerprint density at radius 3 is 2.61 bits per heavy atom. The maximum absolute atomic E-state index is 13.1. The zero-order valence-electron chi connectivity index (χ0n) is 16.2. The predicted octanol–water partition coefficient (Wildman–Crippen LogP) is 4.21. The van der Waals surface area contributed by atoms with Crippen LogP contribution in [0.5, 0.6) is 5.75 Å². The average Bonchev–Trinajstić information content (AvgIpc) is 3.19. The van der Waals surface area contributed by atoms with Crippen molar-refractivity contribution >= 4 is 22.4 Å². The third-order valence-electron chi connectivity index (χ3n) is 4.09. The number of rotatable bonds is 8. The highest BCUT2D eigenvalue weighted by atomic mass is 32.1. The van der Waals surface area contributed by atoms with Gasteiger partial charge in [0.25, 0.3) is 5.91 Å². The summed E-state index contributed by atoms with van der Waals surface area (Å²) in [5.41, 5.74) is 2.58. The highest BCUT2D eigenvalue weighted by Gasteiger charge is 2.22. The molecular weight excluding hydrogens is 374 g/mol. The SMILES string of the molecule is CCOc1ccc(-c2nnc(N(CCOC)C(=O)c3cccc(C)c3)s2)cc1. The second-order valence-corrected chi connectivity index (χ2v) is 7.12. The largest absolute Gasteiger partial charge is 0.494 e. The summed E-state index contributed by atoms with van der Waals surface area (Å²) in [7, 11) is 1.61. The van der Waals surface area contributed by atoms with Gasteiger partial charge in [0.2, 0.25) is 5.13 Å². The number of ether oxygens (including phenoxy) is 2. The fourth-order valence-electron chi connectivity index (χ4n) is 2.70. The molecule has 0 saturated carbocycles. The standard InChI is InChI=1S/C21H23N3O3S/c1-4-27-18-10-8-16(9-11-18)19-22-23-21(28-19)24(12-13-26-3)20(25)17-7-5-6-15(2)14-17/h5-11,14H,4,12-13H2,1-3H3. The first-order chi connectivity index (χ1) is 13.6. The monoisotopic (exact) mass is 397 g/mol. The van der Waals surface area contributed by atoms with Crippen molar-refractivity contribution in [3.63, 3.8) is 0 Å². The molecule has 0 bridgehead atoms. The topological polar surface area (TPSA) is 64.6 Å². The summed E-state index contributed by atoms with van der Waals surface area (Å²) in [5.74, 6) is 0.697. The Morgan fingerprint density at radius 1 is 1.14 bits per heavy atom. The molecule has 3 aromatic rings. The predicted molar refractivity (Wildman–Crippen MR) is 111 cm³/mol. The molecule has 1 heterocycles. The van der Waals surface area contributed by atoms with Crippen LogP contribution < -0.4 is 9.64 Å². The van der Waals surface area contributed by atoms with Crippen LogP contribution in [0.2, 0.25) is 0 Å². The molecule has 0 aliphatic heterocycles. The third kappa shape index (κ3) is 4.74. The molecule has 7 heteroatoms. The summed E-state index contributed by atoms with van der Waals surface area (Å²) < 4.78 is 10.7. The molecule has 0 fully saturated rings. The van der Waals surface area contributed by atoms with Crippen LogP contribution in [-0.2, 0) is 4.74 Å². The van der Waals surface area contributed by atoms with Crippen molar-refractivity contribution in [1.29, 1.82) is 0 Å². The van der Waals surface area contributed by atoms with E-state index < -0.39 is 0 Å². The van der Waals surface area contributed by atoms with Gasteiger partial charge >= 0.3 is 0 Å². The first kappa shape index (κ1) is 20.0. The van der Waals surface area contributed by atoms with Gasteiger partial charge in [-0.05, 0) is 50.2 Å². The minimum atomic E-state index is -0.116. The summed E-state index contributed by atoms with van der Waals surface area (Å²) in [4.78, 5) is 14.7. The summed E-state index contributed by atoms with van der Waals surface area (Å²) >= 11 is 1.38. The quantitative estimate of drug-likeness (QED) is 0.570. The minimum Gasteiger partial charge on any atom is -0.494 e. The van der Waals surface area contributed by atoms with Crippen molar-refractivity contribution in [1.82, 2.24) is 10.2 Å². The molecule has 0 spiro atoms. The van der Waals surface area contributed by atoms with Crippen molar-refractivity contribution in [2.75, 3.05) is 31.8 Å². The van der Waals surface area contributed by atoms with Crippen LogP contribution in [0.25, 0.3) is 10.6 Å². The fraction of sp³-hybridized carbons (Fsp3) is 0.286. The molecule has 2 aromatic carbocycles. The summed E-state index contributed by atoms with van der Waals surface area (Å²) in [6.45, 7) is 5.35. The first-order valence-corrected chi connectivity index (χ1v) is 9.88. The van der Waals surface area contributed by atoms with E-state index in [4.69, 9.17) is 9.47 Å². The molecular formula is C21H23N3O3S. The molecule has 0 aliphatic rings. The number of benzene rings is 2. The molecule has 0 N–H and O–H groups in total. The van der Waals surface area contributed by atoms with E-state index in [1.165, 1.54) is 11.3 Å². The number of carbonyl (C=O) groups is 1. The van der Waals surface area contributed by atoms with E-state index in [0.717, 1.165) is 21.9 Å². The van der Waals surface area contributed by atoms with Crippen LogP contribution in [0, 0.1) is 6.92 Å². The van der Waals surface area contributed by atoms with Gasteiger partial charge in [0, 0.05) is 18.2 Å². The molecule has 1 aromatic heterocycles. The van der Waals surface area contributed by atoms with Crippen molar-refractivity contribution < 1.29 is 14.3 Å². The van der Waals surface area contributed by atoms with E-state index in [9.17, 15) is 4.79 Å². The zero-order valence-corrected chi connectivity index (χ0v) is 17.0. The zero-order chi connectivity index (χ0) is 19.9. The summed E-state index contributed by atoms with van der Waals surface area (Å²) in [6.07, 6.45) is 0. The Kier molecular flexibility index (Phi) is 6.73. The van der Waals surface area contributed by atoms with Gasteiger partial charge in [-0.25, -0.2) is 0 Å². The maximum Gasteiger partial charge on any atom is 0.260 e. The van der Waals surface area contributed by atoms with Crippen LogP contribution >= 0.6 is 11.3 Å². The average molecular weight is 398 g/mol. The highest BCUT2D eigenvalue weighted by molar-refractivity contribution is 7.18. The Labute approximate surface area is 168 Å². The first-order valence-electron chi connectivity index (χ1n) is 9.06. The van der Waals surface area contributed by atoms with Crippen LogP contribution in [0.1, 0.15) is 22.8 Å². The second kappa shape index (κ2) is 9.43. The van der Waals surface area contributed by atoms with Gasteiger partial charge < -0.3 is 9.47 Å². The Bertz CT molecular complexity index is 925. The lowest BCUT2D eigenvalue weighted by Crippen LogP contribution is -2.34. The Morgan fingerprint density at radius 2 is 1.93 bits per heavy atom. The number of aromatic nitrogens is 2. The van der Waals surface area contributed by atoms with Gasteiger partial charge in [-0.1, -0.05) is 29.0 Å². The van der Waals surface area contributed by atoms with E-state index in [1.54, 1.807) is 12.0 Å². The number of amides is 1. The number of hydrogen-bond acceptors (Lipinski definition) is 6. The molecule has 28 heavy (non-hydrogen) atoms. The van der Waals surface area contributed by atoms with Gasteiger partial charge in [0.05, 0.1) is 19.8 Å². The number of aryl methyl sites for hydroxylation is 1.